The third-order valence-electron chi connectivity index (χ3n) is 3.60. The second kappa shape index (κ2) is 3.54. The Labute approximate surface area is 99.9 Å². The molecule has 1 heteroatoms. The van der Waals surface area contributed by atoms with Gasteiger partial charge in [-0.2, -0.15) is 0 Å². The summed E-state index contributed by atoms with van der Waals surface area (Å²) in [6, 6.07) is 0. The number of hydrogen-bond donors (Lipinski definition) is 0. The average Bonchev–Trinajstić information content (AvgIpc) is 2.61. The van der Waals surface area contributed by atoms with E-state index >= 15 is 0 Å². The van der Waals surface area contributed by atoms with Gasteiger partial charge in [-0.15, -0.1) is 0 Å². The van der Waals surface area contributed by atoms with Crippen molar-refractivity contribution in [2.75, 3.05) is 0 Å². The zero-order chi connectivity index (χ0) is 11.1. The first kappa shape index (κ1) is 11.0. The van der Waals surface area contributed by atoms with Crippen molar-refractivity contribution in [1.82, 2.24) is 0 Å². The van der Waals surface area contributed by atoms with Gasteiger partial charge in [0.15, 0.2) is 0 Å². The van der Waals surface area contributed by atoms with Crippen LogP contribution in [0.2, 0.25) is 8.25 Å². The van der Waals surface area contributed by atoms with Gasteiger partial charge in [-0.25, -0.2) is 0 Å². The molecule has 0 spiro atoms. The fourth-order valence-corrected chi connectivity index (χ4v) is 4.89. The Morgan fingerprint density at radius 1 is 0.867 bits per heavy atom. The third kappa shape index (κ3) is 1.81. The van der Waals surface area contributed by atoms with Crippen LogP contribution in [0, 0.1) is 0 Å². The van der Waals surface area contributed by atoms with Crippen molar-refractivity contribution in [3.8, 4) is 0 Å². The summed E-state index contributed by atoms with van der Waals surface area (Å²) in [7, 11) is 0. The summed E-state index contributed by atoms with van der Waals surface area (Å²) in [6.45, 7) is 9.29. The third-order valence-corrected chi connectivity index (χ3v) is 6.61. The standard InChI is InChI=1S/2C7H9.V/c2*1-6-4-3-5-7(6)2;/h2*3-5H,1-2H3;. The fourth-order valence-electron chi connectivity index (χ4n) is 2.09. The van der Waals surface area contributed by atoms with E-state index in [0.29, 0.717) is 8.25 Å². The maximum absolute atomic E-state index is 2.38. The predicted molar refractivity (Wildman–Crippen MR) is 62.5 cm³/mol. The van der Waals surface area contributed by atoms with Gasteiger partial charge in [0.2, 0.25) is 0 Å². The van der Waals surface area contributed by atoms with E-state index in [2.05, 4.69) is 64.2 Å². The molecule has 0 amide bonds. The predicted octanol–water partition coefficient (Wildman–Crippen LogP) is 4.46. The van der Waals surface area contributed by atoms with Crippen molar-refractivity contribution in [1.29, 1.82) is 0 Å². The van der Waals surface area contributed by atoms with E-state index < -0.39 is 0 Å². The van der Waals surface area contributed by atoms with E-state index in [4.69, 9.17) is 0 Å². The van der Waals surface area contributed by atoms with Crippen molar-refractivity contribution in [2.24, 2.45) is 0 Å². The van der Waals surface area contributed by atoms with E-state index in [-0.39, 0.29) is 16.3 Å². The monoisotopic (exact) mass is 237 g/mol. The Morgan fingerprint density at radius 2 is 1.27 bits per heavy atom. The molecular formula is C14H18V. The molecule has 0 nitrogen and oxygen atoms in total. The molecule has 0 aromatic rings. The molecule has 0 radical (unpaired) electrons. The molecule has 2 aliphatic carbocycles. The van der Waals surface area contributed by atoms with Gasteiger partial charge in [0, 0.05) is 0 Å². The van der Waals surface area contributed by atoms with Crippen LogP contribution in [-0.2, 0) is 16.3 Å². The van der Waals surface area contributed by atoms with Gasteiger partial charge in [0.05, 0.1) is 0 Å². The maximum atomic E-state index is 2.38. The molecule has 15 heavy (non-hydrogen) atoms. The van der Waals surface area contributed by atoms with E-state index in [1.165, 1.54) is 11.1 Å². The number of rotatable bonds is 2. The van der Waals surface area contributed by atoms with Crippen molar-refractivity contribution in [3.05, 3.63) is 47.6 Å². The van der Waals surface area contributed by atoms with Crippen LogP contribution in [0.25, 0.3) is 0 Å². The van der Waals surface area contributed by atoms with Gasteiger partial charge in [0.25, 0.3) is 0 Å². The van der Waals surface area contributed by atoms with E-state index in [0.717, 1.165) is 0 Å². The molecule has 2 rings (SSSR count). The van der Waals surface area contributed by atoms with Crippen molar-refractivity contribution in [3.63, 3.8) is 0 Å². The normalized spacial score (nSPS) is 38.1. The summed E-state index contributed by atoms with van der Waals surface area (Å²) in [6.07, 6.45) is 13.7. The topological polar surface area (TPSA) is 0 Å². The minimum atomic E-state index is 0.225. The molecule has 0 saturated heterocycles. The van der Waals surface area contributed by atoms with Crippen LogP contribution in [0.5, 0.6) is 0 Å². The van der Waals surface area contributed by atoms with Gasteiger partial charge in [-0.3, -0.25) is 0 Å². The molecule has 2 aliphatic rings. The Morgan fingerprint density at radius 3 is 1.53 bits per heavy atom. The van der Waals surface area contributed by atoms with E-state index in [1.807, 2.05) is 0 Å². The molecule has 79 valence electrons. The molecule has 0 fully saturated rings. The number of hydrogen-bond acceptors (Lipinski definition) is 0. The Bertz CT molecular complexity index is 360. The van der Waals surface area contributed by atoms with Crippen LogP contribution in [-0.4, -0.2) is 0 Å². The summed E-state index contributed by atoms with van der Waals surface area (Å²) in [5.74, 6) is 0. The van der Waals surface area contributed by atoms with Gasteiger partial charge < -0.3 is 0 Å². The molecule has 0 heterocycles. The Hall–Kier alpha value is -0.456. The molecule has 0 bridgehead atoms. The number of allylic oxidation sites excluding steroid dienone is 8. The van der Waals surface area contributed by atoms with Crippen LogP contribution < -0.4 is 0 Å². The summed E-state index contributed by atoms with van der Waals surface area (Å²) < 4.78 is 0.685. The first-order chi connectivity index (χ1) is 6.96. The summed E-state index contributed by atoms with van der Waals surface area (Å²) in [4.78, 5) is 0. The SMILES string of the molecule is CC1=CC=C[C]1(C)[V][C]1(C)C=CC=C1C. The molecule has 2 atom stereocenters. The molecule has 0 N–H and O–H groups in total. The summed E-state index contributed by atoms with van der Waals surface area (Å²) >= 11 is 0.225. The van der Waals surface area contributed by atoms with Crippen LogP contribution in [0.3, 0.4) is 0 Å². The first-order valence-corrected chi connectivity index (χ1v) is 6.83. The van der Waals surface area contributed by atoms with Crippen molar-refractivity contribution >= 4 is 0 Å². The second-order valence-corrected chi connectivity index (χ2v) is 8.08. The van der Waals surface area contributed by atoms with E-state index in [9.17, 15) is 0 Å². The minimum absolute atomic E-state index is 0.225. The zero-order valence-electron chi connectivity index (χ0n) is 9.91. The Balaban J connectivity index is 2.23. The summed E-state index contributed by atoms with van der Waals surface area (Å²) in [5, 5.41) is 0. The van der Waals surface area contributed by atoms with Crippen molar-refractivity contribution in [2.45, 2.75) is 35.9 Å². The van der Waals surface area contributed by atoms with Crippen LogP contribution in [0.15, 0.2) is 47.6 Å². The molecule has 0 aliphatic heterocycles. The second-order valence-electron chi connectivity index (χ2n) is 4.82. The van der Waals surface area contributed by atoms with Gasteiger partial charge in [-0.1, -0.05) is 0 Å². The van der Waals surface area contributed by atoms with Gasteiger partial charge in [0.1, 0.15) is 0 Å². The average molecular weight is 237 g/mol. The fraction of sp³-hybridized carbons (Fsp3) is 0.429. The van der Waals surface area contributed by atoms with Crippen LogP contribution >= 0.6 is 0 Å². The summed E-state index contributed by atoms with van der Waals surface area (Å²) in [5.41, 5.74) is 3.05. The van der Waals surface area contributed by atoms with Gasteiger partial charge >= 0.3 is 99.8 Å². The van der Waals surface area contributed by atoms with Crippen molar-refractivity contribution < 1.29 is 16.3 Å². The zero-order valence-corrected chi connectivity index (χ0v) is 11.3. The molecule has 2 unspecified atom stereocenters. The van der Waals surface area contributed by atoms with E-state index in [1.54, 1.807) is 0 Å². The first-order valence-electron chi connectivity index (χ1n) is 5.44. The molecular weight excluding hydrogens is 219 g/mol. The van der Waals surface area contributed by atoms with Crippen LogP contribution in [0.1, 0.15) is 27.7 Å². The quantitative estimate of drug-likeness (QED) is 0.665. The van der Waals surface area contributed by atoms with Gasteiger partial charge in [-0.05, 0) is 0 Å². The molecule has 0 aromatic heterocycles. The molecule has 0 aromatic carbocycles. The Kier molecular flexibility index (Phi) is 2.60. The molecule has 0 saturated carbocycles. The van der Waals surface area contributed by atoms with Crippen LogP contribution in [0.4, 0.5) is 0 Å².